The second-order valence-electron chi connectivity index (χ2n) is 6.60. The first-order valence-electron chi connectivity index (χ1n) is 8.86. The van der Waals surface area contributed by atoms with Gasteiger partial charge in [-0.2, -0.15) is 0 Å². The summed E-state index contributed by atoms with van der Waals surface area (Å²) in [6.45, 7) is 2.22. The molecule has 0 spiro atoms. The molecule has 26 heavy (non-hydrogen) atoms. The van der Waals surface area contributed by atoms with Crippen molar-refractivity contribution in [1.29, 1.82) is 0 Å². The predicted molar refractivity (Wildman–Crippen MR) is 106 cm³/mol. The standard InChI is InChI=1S/C20H21ClN4O/c21-15-5-6-17-18(7-9-22-19(17)11-15)24-12-14-3-1-8-23-20(14)25-10-2-4-16(26)13-25/h1,3,5-9,11,16,26H,2,4,10,12-13H2,(H,22,24)/t16-/m0/s1. The Balaban J connectivity index is 1.57. The number of piperidine rings is 1. The Hall–Kier alpha value is -2.37. The molecule has 0 unspecified atom stereocenters. The van der Waals surface area contributed by atoms with E-state index in [0.29, 0.717) is 18.1 Å². The van der Waals surface area contributed by atoms with Gasteiger partial charge in [-0.3, -0.25) is 4.98 Å². The van der Waals surface area contributed by atoms with Gasteiger partial charge < -0.3 is 15.3 Å². The summed E-state index contributed by atoms with van der Waals surface area (Å²) >= 11 is 6.07. The van der Waals surface area contributed by atoms with Crippen LogP contribution in [0.2, 0.25) is 5.02 Å². The normalized spacial score (nSPS) is 17.5. The van der Waals surface area contributed by atoms with Crippen molar-refractivity contribution < 1.29 is 5.11 Å². The van der Waals surface area contributed by atoms with Crippen LogP contribution in [0.25, 0.3) is 10.9 Å². The Morgan fingerprint density at radius 1 is 1.19 bits per heavy atom. The van der Waals surface area contributed by atoms with Crippen molar-refractivity contribution in [2.24, 2.45) is 0 Å². The molecule has 5 nitrogen and oxygen atoms in total. The number of aliphatic hydroxyl groups excluding tert-OH is 1. The van der Waals surface area contributed by atoms with E-state index in [9.17, 15) is 5.11 Å². The number of halogens is 1. The van der Waals surface area contributed by atoms with E-state index in [2.05, 4.69) is 26.3 Å². The predicted octanol–water partition coefficient (Wildman–Crippen LogP) is 3.86. The molecule has 2 N–H and O–H groups in total. The van der Waals surface area contributed by atoms with Gasteiger partial charge >= 0.3 is 0 Å². The van der Waals surface area contributed by atoms with Crippen LogP contribution in [-0.2, 0) is 6.54 Å². The van der Waals surface area contributed by atoms with Crippen LogP contribution in [0.1, 0.15) is 18.4 Å². The zero-order valence-corrected chi connectivity index (χ0v) is 15.2. The second-order valence-corrected chi connectivity index (χ2v) is 7.04. The molecule has 1 aliphatic rings. The van der Waals surface area contributed by atoms with Gasteiger partial charge in [0.2, 0.25) is 0 Å². The first-order chi connectivity index (χ1) is 12.7. The van der Waals surface area contributed by atoms with Crippen molar-refractivity contribution in [1.82, 2.24) is 9.97 Å². The third kappa shape index (κ3) is 3.59. The largest absolute Gasteiger partial charge is 0.391 e. The highest BCUT2D eigenvalue weighted by Gasteiger charge is 2.20. The van der Waals surface area contributed by atoms with Gasteiger partial charge in [-0.15, -0.1) is 0 Å². The smallest absolute Gasteiger partial charge is 0.133 e. The molecule has 3 heterocycles. The van der Waals surface area contributed by atoms with Gasteiger partial charge in [0.25, 0.3) is 0 Å². The minimum Gasteiger partial charge on any atom is -0.391 e. The van der Waals surface area contributed by atoms with Crippen molar-refractivity contribution in [3.63, 3.8) is 0 Å². The maximum absolute atomic E-state index is 9.98. The molecule has 0 aliphatic carbocycles. The van der Waals surface area contributed by atoms with Crippen LogP contribution in [-0.4, -0.2) is 34.3 Å². The van der Waals surface area contributed by atoms with Crippen molar-refractivity contribution in [3.05, 3.63) is 59.4 Å². The fraction of sp³-hybridized carbons (Fsp3) is 0.300. The maximum atomic E-state index is 9.98. The number of benzene rings is 1. The second kappa shape index (κ2) is 7.48. The Morgan fingerprint density at radius 3 is 3.00 bits per heavy atom. The zero-order chi connectivity index (χ0) is 17.9. The molecule has 0 saturated carbocycles. The molecule has 2 aromatic heterocycles. The number of anilines is 2. The first kappa shape index (κ1) is 17.1. The lowest BCUT2D eigenvalue weighted by atomic mass is 10.1. The molecular weight excluding hydrogens is 348 g/mol. The summed E-state index contributed by atoms with van der Waals surface area (Å²) in [7, 11) is 0. The number of nitrogens with zero attached hydrogens (tertiary/aromatic N) is 3. The van der Waals surface area contributed by atoms with Gasteiger partial charge in [0, 0.05) is 53.7 Å². The number of aromatic nitrogens is 2. The fourth-order valence-electron chi connectivity index (χ4n) is 3.47. The van der Waals surface area contributed by atoms with Crippen LogP contribution in [0.15, 0.2) is 48.8 Å². The van der Waals surface area contributed by atoms with Crippen LogP contribution < -0.4 is 10.2 Å². The van der Waals surface area contributed by atoms with Crippen LogP contribution >= 0.6 is 11.6 Å². The first-order valence-corrected chi connectivity index (χ1v) is 9.23. The lowest BCUT2D eigenvalue weighted by Crippen LogP contribution is -2.39. The molecule has 6 heteroatoms. The number of aliphatic hydroxyl groups is 1. The van der Waals surface area contributed by atoms with Crippen LogP contribution in [0.3, 0.4) is 0 Å². The summed E-state index contributed by atoms with van der Waals surface area (Å²) in [5.41, 5.74) is 2.99. The van der Waals surface area contributed by atoms with Gasteiger partial charge in [0.1, 0.15) is 5.82 Å². The molecular formula is C20H21ClN4O. The van der Waals surface area contributed by atoms with Crippen LogP contribution in [0.5, 0.6) is 0 Å². The Bertz CT molecular complexity index is 917. The van der Waals surface area contributed by atoms with Gasteiger partial charge in [0.05, 0.1) is 11.6 Å². The number of nitrogens with one attached hydrogen (secondary N) is 1. The third-order valence-electron chi connectivity index (χ3n) is 4.74. The van der Waals surface area contributed by atoms with Gasteiger partial charge in [-0.05, 0) is 43.2 Å². The SMILES string of the molecule is O[C@H]1CCCN(c2ncccc2CNc2ccnc3cc(Cl)ccc23)C1. The van der Waals surface area contributed by atoms with E-state index in [0.717, 1.165) is 47.4 Å². The van der Waals surface area contributed by atoms with E-state index in [1.807, 2.05) is 36.5 Å². The van der Waals surface area contributed by atoms with E-state index >= 15 is 0 Å². The van der Waals surface area contributed by atoms with Gasteiger partial charge in [0.15, 0.2) is 0 Å². The summed E-state index contributed by atoms with van der Waals surface area (Å²) in [4.78, 5) is 11.1. The minimum absolute atomic E-state index is 0.277. The van der Waals surface area contributed by atoms with E-state index in [1.54, 1.807) is 6.20 Å². The lowest BCUT2D eigenvalue weighted by molar-refractivity contribution is 0.154. The zero-order valence-electron chi connectivity index (χ0n) is 14.4. The molecule has 134 valence electrons. The topological polar surface area (TPSA) is 61.3 Å². The molecule has 0 radical (unpaired) electrons. The summed E-state index contributed by atoms with van der Waals surface area (Å²) in [6.07, 6.45) is 5.17. The minimum atomic E-state index is -0.277. The molecule has 1 aliphatic heterocycles. The van der Waals surface area contributed by atoms with Crippen molar-refractivity contribution >= 4 is 34.0 Å². The van der Waals surface area contributed by atoms with E-state index in [1.165, 1.54) is 0 Å². The quantitative estimate of drug-likeness (QED) is 0.732. The number of pyridine rings is 2. The monoisotopic (exact) mass is 368 g/mol. The number of fused-ring (bicyclic) bond motifs is 1. The molecule has 4 rings (SSSR count). The molecule has 1 fully saturated rings. The molecule has 1 saturated heterocycles. The summed E-state index contributed by atoms with van der Waals surface area (Å²) in [5, 5.41) is 15.2. The number of hydrogen-bond acceptors (Lipinski definition) is 5. The van der Waals surface area contributed by atoms with Crippen molar-refractivity contribution in [2.45, 2.75) is 25.5 Å². The van der Waals surface area contributed by atoms with Gasteiger partial charge in [-0.25, -0.2) is 4.98 Å². The lowest BCUT2D eigenvalue weighted by Gasteiger charge is -2.32. The van der Waals surface area contributed by atoms with Crippen molar-refractivity contribution in [3.8, 4) is 0 Å². The van der Waals surface area contributed by atoms with Gasteiger partial charge in [-0.1, -0.05) is 17.7 Å². The third-order valence-corrected chi connectivity index (χ3v) is 4.97. The molecule has 3 aromatic rings. The average Bonchev–Trinajstić information content (AvgIpc) is 2.66. The summed E-state index contributed by atoms with van der Waals surface area (Å²) in [5.74, 6) is 0.945. The number of β-amino-alcohol motifs (C(OH)–C–C–N with tert-alkyl or cyclic N) is 1. The Labute approximate surface area is 157 Å². The van der Waals surface area contributed by atoms with Crippen LogP contribution in [0, 0.1) is 0 Å². The van der Waals surface area contributed by atoms with Crippen LogP contribution in [0.4, 0.5) is 11.5 Å². The maximum Gasteiger partial charge on any atom is 0.133 e. The van der Waals surface area contributed by atoms with E-state index in [-0.39, 0.29) is 6.10 Å². The van der Waals surface area contributed by atoms with Crippen molar-refractivity contribution in [2.75, 3.05) is 23.3 Å². The highest BCUT2D eigenvalue weighted by atomic mass is 35.5. The molecule has 1 aromatic carbocycles. The molecule has 0 amide bonds. The van der Waals surface area contributed by atoms with E-state index < -0.39 is 0 Å². The average molecular weight is 369 g/mol. The number of rotatable bonds is 4. The molecule has 0 bridgehead atoms. The highest BCUT2D eigenvalue weighted by molar-refractivity contribution is 6.31. The molecule has 1 atom stereocenters. The van der Waals surface area contributed by atoms with E-state index in [4.69, 9.17) is 11.6 Å². The summed E-state index contributed by atoms with van der Waals surface area (Å²) in [6, 6.07) is 11.7. The highest BCUT2D eigenvalue weighted by Crippen LogP contribution is 2.27. The fourth-order valence-corrected chi connectivity index (χ4v) is 3.63. The Morgan fingerprint density at radius 2 is 2.12 bits per heavy atom. The number of hydrogen-bond donors (Lipinski definition) is 2. The summed E-state index contributed by atoms with van der Waals surface area (Å²) < 4.78 is 0. The Kier molecular flexibility index (Phi) is 4.91.